The number of hydrogen-bond acceptors (Lipinski definition) is 3. The van der Waals surface area contributed by atoms with Crippen molar-refractivity contribution in [1.82, 2.24) is 10.2 Å². The standard InChI is InChI=1S/C5H12N2.CH2S2/c1-7-4-2-6-3-5-7;2-1-3/h6H,2-5H2,1H3;1H,(H,2,3). The van der Waals surface area contributed by atoms with Gasteiger partial charge < -0.3 is 10.2 Å². The molecule has 0 atom stereocenters. The molecule has 1 rings (SSSR count). The lowest BCUT2D eigenvalue weighted by Gasteiger charge is -2.21. The van der Waals surface area contributed by atoms with Crippen molar-refractivity contribution >= 4 is 29.5 Å². The molecule has 0 spiro atoms. The van der Waals surface area contributed by atoms with Crippen molar-refractivity contribution < 1.29 is 0 Å². The van der Waals surface area contributed by atoms with E-state index in [1.54, 1.807) is 0 Å². The molecule has 0 amide bonds. The summed E-state index contributed by atoms with van der Waals surface area (Å²) in [4.78, 5) is 2.33. The molecule has 10 heavy (non-hydrogen) atoms. The van der Waals surface area contributed by atoms with E-state index in [0.717, 1.165) is 13.1 Å². The fraction of sp³-hybridized carbons (Fsp3) is 0.833. The second-order valence-corrected chi connectivity index (χ2v) is 3.00. The van der Waals surface area contributed by atoms with Gasteiger partial charge in [0.1, 0.15) is 0 Å². The molecule has 0 aromatic heterocycles. The first-order chi connectivity index (χ1) is 4.81. The number of thiocarbonyl (C=S) groups is 1. The molecule has 0 aromatic carbocycles. The van der Waals surface area contributed by atoms with Crippen molar-refractivity contribution in [1.29, 1.82) is 0 Å². The molecule has 1 aliphatic heterocycles. The second-order valence-electron chi connectivity index (χ2n) is 2.16. The maximum atomic E-state index is 4.13. The molecule has 2 nitrogen and oxygen atoms in total. The third-order valence-corrected chi connectivity index (χ3v) is 1.34. The molecule has 1 N–H and O–H groups in total. The molecular formula is C6H14N2S2. The zero-order valence-corrected chi connectivity index (χ0v) is 7.92. The highest BCUT2D eigenvalue weighted by molar-refractivity contribution is 8.08. The van der Waals surface area contributed by atoms with Gasteiger partial charge in [-0.25, -0.2) is 0 Å². The topological polar surface area (TPSA) is 15.3 Å². The summed E-state index contributed by atoms with van der Waals surface area (Å²) in [5.41, 5.74) is 0. The normalized spacial score (nSPS) is 19.0. The number of thiol groups is 1. The van der Waals surface area contributed by atoms with Crippen molar-refractivity contribution in [2.45, 2.75) is 0 Å². The van der Waals surface area contributed by atoms with Crippen LogP contribution < -0.4 is 5.32 Å². The Morgan fingerprint density at radius 3 is 2.10 bits per heavy atom. The molecule has 0 aromatic rings. The van der Waals surface area contributed by atoms with Crippen molar-refractivity contribution in [3.8, 4) is 0 Å². The lowest BCUT2D eigenvalue weighted by Crippen LogP contribution is -2.40. The lowest BCUT2D eigenvalue weighted by atomic mass is 10.4. The van der Waals surface area contributed by atoms with Gasteiger partial charge >= 0.3 is 0 Å². The quantitative estimate of drug-likeness (QED) is 0.412. The van der Waals surface area contributed by atoms with Crippen LogP contribution in [0.25, 0.3) is 0 Å². The van der Waals surface area contributed by atoms with E-state index < -0.39 is 0 Å². The first-order valence-corrected chi connectivity index (χ1v) is 4.27. The van der Waals surface area contributed by atoms with Gasteiger partial charge in [-0.2, -0.15) is 0 Å². The predicted molar refractivity (Wildman–Crippen MR) is 53.0 cm³/mol. The Balaban J connectivity index is 0.000000236. The van der Waals surface area contributed by atoms with Crippen LogP contribution in [0.3, 0.4) is 0 Å². The van der Waals surface area contributed by atoms with Gasteiger partial charge in [0.25, 0.3) is 0 Å². The number of hydrogen-bond donors (Lipinski definition) is 2. The van der Waals surface area contributed by atoms with Gasteiger partial charge in [0.15, 0.2) is 0 Å². The minimum Gasteiger partial charge on any atom is -0.314 e. The van der Waals surface area contributed by atoms with Crippen LogP contribution in [0.4, 0.5) is 0 Å². The maximum absolute atomic E-state index is 4.13. The monoisotopic (exact) mass is 178 g/mol. The second kappa shape index (κ2) is 7.47. The summed E-state index contributed by atoms with van der Waals surface area (Å²) < 4.78 is 1.28. The SMILES string of the molecule is CN1CCNCC1.S=CS. The molecule has 0 radical (unpaired) electrons. The molecule has 1 saturated heterocycles. The molecule has 1 heterocycles. The fourth-order valence-corrected chi connectivity index (χ4v) is 0.777. The van der Waals surface area contributed by atoms with E-state index >= 15 is 0 Å². The molecule has 0 unspecified atom stereocenters. The van der Waals surface area contributed by atoms with E-state index in [2.05, 4.69) is 42.1 Å². The number of likely N-dealkylation sites (N-methyl/N-ethyl adjacent to an activating group) is 1. The first kappa shape index (κ1) is 10.4. The highest BCUT2D eigenvalue weighted by atomic mass is 32.1. The average Bonchev–Trinajstić information content (AvgIpc) is 1.91. The van der Waals surface area contributed by atoms with E-state index in [0.29, 0.717) is 0 Å². The number of nitrogens with zero attached hydrogens (tertiary/aromatic N) is 1. The highest BCUT2D eigenvalue weighted by Gasteiger charge is 2.01. The molecule has 1 aliphatic rings. The molecule has 0 aliphatic carbocycles. The van der Waals surface area contributed by atoms with Crippen LogP contribution in [0, 0.1) is 0 Å². The van der Waals surface area contributed by atoms with E-state index in [1.807, 2.05) is 0 Å². The molecule has 60 valence electrons. The Kier molecular flexibility index (Phi) is 7.74. The Morgan fingerprint density at radius 1 is 1.50 bits per heavy atom. The van der Waals surface area contributed by atoms with Gasteiger partial charge in [-0.15, -0.1) is 12.6 Å². The Morgan fingerprint density at radius 2 is 1.90 bits per heavy atom. The molecule has 1 fully saturated rings. The molecule has 0 bridgehead atoms. The average molecular weight is 178 g/mol. The van der Waals surface area contributed by atoms with Gasteiger partial charge in [-0.3, -0.25) is 0 Å². The predicted octanol–water partition coefficient (Wildman–Crippen LogP) is 0.395. The third kappa shape index (κ3) is 6.48. The lowest BCUT2D eigenvalue weighted by molar-refractivity contribution is 0.291. The van der Waals surface area contributed by atoms with Crippen LogP contribution in [0.2, 0.25) is 0 Å². The van der Waals surface area contributed by atoms with Gasteiger partial charge in [-0.1, -0.05) is 12.2 Å². The molecule has 4 heteroatoms. The van der Waals surface area contributed by atoms with Crippen molar-refractivity contribution in [2.24, 2.45) is 0 Å². The van der Waals surface area contributed by atoms with Crippen LogP contribution in [0.1, 0.15) is 0 Å². The zero-order chi connectivity index (χ0) is 7.82. The van der Waals surface area contributed by atoms with Gasteiger partial charge in [0.05, 0.1) is 0 Å². The minimum atomic E-state index is 1.16. The van der Waals surface area contributed by atoms with Crippen LogP contribution >= 0.6 is 24.8 Å². The summed E-state index contributed by atoms with van der Waals surface area (Å²) in [6.45, 7) is 4.74. The minimum absolute atomic E-state index is 1.16. The summed E-state index contributed by atoms with van der Waals surface area (Å²) in [6, 6.07) is 0. The Labute approximate surface area is 73.4 Å². The first-order valence-electron chi connectivity index (χ1n) is 3.28. The van der Waals surface area contributed by atoms with E-state index in [4.69, 9.17) is 0 Å². The largest absolute Gasteiger partial charge is 0.314 e. The van der Waals surface area contributed by atoms with Crippen molar-refractivity contribution in [3.63, 3.8) is 0 Å². The number of rotatable bonds is 0. The van der Waals surface area contributed by atoms with E-state index in [1.165, 1.54) is 17.8 Å². The van der Waals surface area contributed by atoms with Crippen LogP contribution in [0.5, 0.6) is 0 Å². The van der Waals surface area contributed by atoms with Crippen molar-refractivity contribution in [3.05, 3.63) is 0 Å². The van der Waals surface area contributed by atoms with Gasteiger partial charge in [0, 0.05) is 30.9 Å². The maximum Gasteiger partial charge on any atom is 0.0310 e. The summed E-state index contributed by atoms with van der Waals surface area (Å²) >= 11 is 7.61. The van der Waals surface area contributed by atoms with Gasteiger partial charge in [0.2, 0.25) is 0 Å². The summed E-state index contributed by atoms with van der Waals surface area (Å²) in [7, 11) is 2.15. The molecule has 0 saturated carbocycles. The summed E-state index contributed by atoms with van der Waals surface area (Å²) in [5.74, 6) is 0. The van der Waals surface area contributed by atoms with Crippen LogP contribution in [0.15, 0.2) is 0 Å². The van der Waals surface area contributed by atoms with E-state index in [9.17, 15) is 0 Å². The molecular weight excluding hydrogens is 164 g/mol. The van der Waals surface area contributed by atoms with Crippen molar-refractivity contribution in [2.75, 3.05) is 33.2 Å². The summed E-state index contributed by atoms with van der Waals surface area (Å²) in [6.07, 6.45) is 0. The number of piperazine rings is 1. The zero-order valence-electron chi connectivity index (χ0n) is 6.21. The smallest absolute Gasteiger partial charge is 0.0310 e. The van der Waals surface area contributed by atoms with E-state index in [-0.39, 0.29) is 0 Å². The highest BCUT2D eigenvalue weighted by Crippen LogP contribution is 1.82. The third-order valence-electron chi connectivity index (χ3n) is 1.34. The van der Waals surface area contributed by atoms with Crippen LogP contribution in [-0.4, -0.2) is 42.8 Å². The summed E-state index contributed by atoms with van der Waals surface area (Å²) in [5, 5.41) is 3.27. The number of nitrogens with one attached hydrogen (secondary N) is 1. The van der Waals surface area contributed by atoms with Gasteiger partial charge in [-0.05, 0) is 7.05 Å². The Hall–Kier alpha value is 0.360. The Bertz CT molecular complexity index is 81.8. The van der Waals surface area contributed by atoms with Crippen LogP contribution in [-0.2, 0) is 0 Å². The fourth-order valence-electron chi connectivity index (χ4n) is 0.777.